The molecule has 0 aromatic heterocycles. The molecule has 0 fully saturated rings. The van der Waals surface area contributed by atoms with Gasteiger partial charge in [-0.2, -0.15) is 0 Å². The number of rotatable bonds is 0. The van der Waals surface area contributed by atoms with E-state index in [2.05, 4.69) is 0 Å². The Balaban J connectivity index is 2.43. The van der Waals surface area contributed by atoms with Crippen LogP contribution in [0.3, 0.4) is 0 Å². The average molecular weight is 140 g/mol. The summed E-state index contributed by atoms with van der Waals surface area (Å²) in [6.07, 6.45) is 7.48. The quantitative estimate of drug-likeness (QED) is 0.510. The van der Waals surface area contributed by atoms with Gasteiger partial charge in [-0.25, -0.2) is 0 Å². The maximum absolute atomic E-state index is 5.02. The summed E-state index contributed by atoms with van der Waals surface area (Å²) in [6.45, 7) is 0.672. The Kier molecular flexibility index (Phi) is 3.08. The highest BCUT2D eigenvalue weighted by Gasteiger charge is 1.76. The topological polar surface area (TPSA) is 9.23 Å². The van der Waals surface area contributed by atoms with Gasteiger partial charge in [0.05, 0.1) is 6.26 Å². The summed E-state index contributed by atoms with van der Waals surface area (Å²) in [6, 6.07) is 0. The fourth-order valence-corrected chi connectivity index (χ4v) is 0.905. The number of hydrogen-bond donors (Lipinski definition) is 0. The molecule has 1 heterocycles. The summed E-state index contributed by atoms with van der Waals surface area (Å²) in [5.41, 5.74) is 0. The van der Waals surface area contributed by atoms with Gasteiger partial charge in [0.2, 0.25) is 0 Å². The van der Waals surface area contributed by atoms with Crippen molar-refractivity contribution < 1.29 is 4.74 Å². The van der Waals surface area contributed by atoms with Gasteiger partial charge in [0.25, 0.3) is 0 Å². The van der Waals surface area contributed by atoms with E-state index in [1.54, 1.807) is 18.0 Å². The van der Waals surface area contributed by atoms with Crippen LogP contribution in [0.15, 0.2) is 35.3 Å². The van der Waals surface area contributed by atoms with Gasteiger partial charge in [-0.3, -0.25) is 0 Å². The van der Waals surface area contributed by atoms with Crippen LogP contribution in [0.4, 0.5) is 0 Å². The fourth-order valence-electron chi connectivity index (χ4n) is 0.443. The van der Waals surface area contributed by atoms with Crippen molar-refractivity contribution in [3.05, 3.63) is 35.3 Å². The molecule has 0 saturated carbocycles. The van der Waals surface area contributed by atoms with Gasteiger partial charge in [-0.05, 0) is 23.0 Å². The van der Waals surface area contributed by atoms with Crippen molar-refractivity contribution in [2.45, 2.75) is 0 Å². The van der Waals surface area contributed by atoms with Crippen molar-refractivity contribution in [3.8, 4) is 0 Å². The van der Waals surface area contributed by atoms with E-state index >= 15 is 0 Å². The number of allylic oxidation sites excluding steroid dienone is 2. The smallest absolute Gasteiger partial charge is 0.106 e. The average Bonchev–Trinajstić information content (AvgIpc) is 2.00. The maximum atomic E-state index is 5.02. The molecular formula is C7H8OS. The summed E-state index contributed by atoms with van der Waals surface area (Å²) in [5.74, 6) is 0. The summed E-state index contributed by atoms with van der Waals surface area (Å²) in [7, 11) is 0. The maximum Gasteiger partial charge on any atom is 0.106 e. The number of ether oxygens (including phenoxy) is 1. The van der Waals surface area contributed by atoms with Crippen molar-refractivity contribution in [2.75, 3.05) is 6.61 Å². The van der Waals surface area contributed by atoms with Gasteiger partial charge < -0.3 is 4.74 Å². The molecule has 0 unspecified atom stereocenters. The van der Waals surface area contributed by atoms with Crippen LogP contribution < -0.4 is 0 Å². The van der Waals surface area contributed by atoms with Gasteiger partial charge in [0.15, 0.2) is 0 Å². The molecule has 0 aliphatic carbocycles. The Morgan fingerprint density at radius 1 is 1.22 bits per heavy atom. The van der Waals surface area contributed by atoms with Gasteiger partial charge in [0.1, 0.15) is 6.61 Å². The SMILES string of the molecule is C1=COCC=CSC=C1. The molecule has 0 aromatic carbocycles. The third kappa shape index (κ3) is 3.03. The Bertz CT molecular complexity index is 147. The first-order valence-electron chi connectivity index (χ1n) is 2.74. The summed E-state index contributed by atoms with van der Waals surface area (Å²) >= 11 is 1.65. The van der Waals surface area contributed by atoms with Crippen LogP contribution in [0.25, 0.3) is 0 Å². The molecule has 0 saturated heterocycles. The predicted octanol–water partition coefficient (Wildman–Crippen LogP) is 2.29. The third-order valence-electron chi connectivity index (χ3n) is 0.810. The monoisotopic (exact) mass is 140 g/mol. The van der Waals surface area contributed by atoms with E-state index in [1.165, 1.54) is 0 Å². The predicted molar refractivity (Wildman–Crippen MR) is 41.0 cm³/mol. The van der Waals surface area contributed by atoms with E-state index in [-0.39, 0.29) is 0 Å². The van der Waals surface area contributed by atoms with Gasteiger partial charge in [-0.15, -0.1) is 11.8 Å². The Morgan fingerprint density at radius 2 is 2.22 bits per heavy atom. The molecule has 0 radical (unpaired) electrons. The molecule has 0 spiro atoms. The van der Waals surface area contributed by atoms with E-state index < -0.39 is 0 Å². The highest BCUT2D eigenvalue weighted by atomic mass is 32.2. The minimum absolute atomic E-state index is 0.672. The zero-order valence-corrected chi connectivity index (χ0v) is 5.80. The standard InChI is InChI=1S/C7H8OS/c1-2-6-9-7-3-5-8-4-1/h1-4,6-7H,5H2. The second-order valence-corrected chi connectivity index (χ2v) is 2.31. The molecule has 0 N–H and O–H groups in total. The fraction of sp³-hybridized carbons (Fsp3) is 0.143. The highest BCUT2D eigenvalue weighted by molar-refractivity contribution is 8.04. The molecular weight excluding hydrogens is 132 g/mol. The van der Waals surface area contributed by atoms with Crippen LogP contribution in [0.5, 0.6) is 0 Å². The summed E-state index contributed by atoms with van der Waals surface area (Å²) in [5, 5.41) is 4.01. The number of thioether (sulfide) groups is 1. The Morgan fingerprint density at radius 3 is 3.22 bits per heavy atom. The molecule has 2 heteroatoms. The van der Waals surface area contributed by atoms with Crippen LogP contribution in [0.1, 0.15) is 0 Å². The van der Waals surface area contributed by atoms with Crippen molar-refractivity contribution in [1.82, 2.24) is 0 Å². The van der Waals surface area contributed by atoms with Crippen LogP contribution in [0.2, 0.25) is 0 Å². The molecule has 0 amide bonds. The first-order valence-corrected chi connectivity index (χ1v) is 3.68. The van der Waals surface area contributed by atoms with E-state index in [4.69, 9.17) is 4.74 Å². The largest absolute Gasteiger partial charge is 0.497 e. The lowest BCUT2D eigenvalue weighted by Crippen LogP contribution is -1.77. The molecule has 1 rings (SSSR count). The molecule has 0 aromatic rings. The molecule has 48 valence electrons. The van der Waals surface area contributed by atoms with Crippen LogP contribution in [-0.4, -0.2) is 6.61 Å². The van der Waals surface area contributed by atoms with Crippen LogP contribution in [-0.2, 0) is 4.74 Å². The van der Waals surface area contributed by atoms with Gasteiger partial charge >= 0.3 is 0 Å². The summed E-state index contributed by atoms with van der Waals surface area (Å²) < 4.78 is 5.02. The zero-order valence-electron chi connectivity index (χ0n) is 4.99. The van der Waals surface area contributed by atoms with Crippen molar-refractivity contribution >= 4 is 11.8 Å². The lowest BCUT2D eigenvalue weighted by atomic mass is 10.6. The van der Waals surface area contributed by atoms with E-state index in [0.717, 1.165) is 0 Å². The van der Waals surface area contributed by atoms with Gasteiger partial charge in [0, 0.05) is 0 Å². The molecule has 1 aliphatic rings. The number of hydrogen-bond acceptors (Lipinski definition) is 2. The highest BCUT2D eigenvalue weighted by Crippen LogP contribution is 2.04. The van der Waals surface area contributed by atoms with E-state index in [9.17, 15) is 0 Å². The van der Waals surface area contributed by atoms with E-state index in [1.807, 2.05) is 29.0 Å². The minimum Gasteiger partial charge on any atom is -0.497 e. The van der Waals surface area contributed by atoms with Crippen molar-refractivity contribution in [1.29, 1.82) is 0 Å². The lowest BCUT2D eigenvalue weighted by Gasteiger charge is -1.89. The zero-order chi connectivity index (χ0) is 6.36. The van der Waals surface area contributed by atoms with Crippen LogP contribution >= 0.6 is 11.8 Å². The normalized spacial score (nSPS) is 17.8. The second kappa shape index (κ2) is 4.27. The molecule has 9 heavy (non-hydrogen) atoms. The first-order chi connectivity index (χ1) is 4.50. The molecule has 0 bridgehead atoms. The minimum atomic E-state index is 0.672. The lowest BCUT2D eigenvalue weighted by molar-refractivity contribution is 0.290. The Hall–Kier alpha value is -0.630. The van der Waals surface area contributed by atoms with Crippen molar-refractivity contribution in [2.24, 2.45) is 0 Å². The third-order valence-corrected chi connectivity index (χ3v) is 1.47. The first kappa shape index (κ1) is 6.49. The van der Waals surface area contributed by atoms with Crippen molar-refractivity contribution in [3.63, 3.8) is 0 Å². The molecule has 1 nitrogen and oxygen atoms in total. The summed E-state index contributed by atoms with van der Waals surface area (Å²) in [4.78, 5) is 0. The van der Waals surface area contributed by atoms with E-state index in [0.29, 0.717) is 6.61 Å². The molecule has 0 atom stereocenters. The van der Waals surface area contributed by atoms with Crippen LogP contribution in [0, 0.1) is 0 Å². The molecule has 1 aliphatic heterocycles. The van der Waals surface area contributed by atoms with Gasteiger partial charge in [-0.1, -0.05) is 6.08 Å². The second-order valence-electron chi connectivity index (χ2n) is 1.50. The Labute approximate surface area is 59.1 Å².